The van der Waals surface area contributed by atoms with Gasteiger partial charge < -0.3 is 15.7 Å². The Kier molecular flexibility index (Phi) is 2.98. The van der Waals surface area contributed by atoms with E-state index in [9.17, 15) is 9.90 Å². The van der Waals surface area contributed by atoms with Crippen LogP contribution in [0.15, 0.2) is 0 Å². The van der Waals surface area contributed by atoms with E-state index < -0.39 is 0 Å². The highest BCUT2D eigenvalue weighted by Gasteiger charge is 2.50. The van der Waals surface area contributed by atoms with Gasteiger partial charge in [-0.15, -0.1) is 0 Å². The molecule has 0 aromatic heterocycles. The molecule has 1 amide bonds. The van der Waals surface area contributed by atoms with Gasteiger partial charge in [0.05, 0.1) is 0 Å². The molecule has 1 aliphatic carbocycles. The fourth-order valence-corrected chi connectivity index (χ4v) is 2.95. The summed E-state index contributed by atoms with van der Waals surface area (Å²) in [5, 5.41) is 9.33. The minimum atomic E-state index is 0.153. The van der Waals surface area contributed by atoms with Gasteiger partial charge in [0.1, 0.15) is 0 Å². The number of carbonyl (C=O) groups excluding carboxylic acids is 1. The highest BCUT2D eigenvalue weighted by molar-refractivity contribution is 5.76. The van der Waals surface area contributed by atoms with E-state index in [-0.39, 0.29) is 17.9 Å². The molecule has 1 atom stereocenters. The quantitative estimate of drug-likeness (QED) is 0.689. The van der Waals surface area contributed by atoms with Gasteiger partial charge in [-0.1, -0.05) is 6.42 Å². The standard InChI is InChI=1S/C11H20N2O2/c12-5-2-10(15)13-6-9(7-14)11(8-13)3-1-4-11/h9,14H,1-8,12H2/t9-/m0/s1. The molecule has 15 heavy (non-hydrogen) atoms. The first-order valence-corrected chi connectivity index (χ1v) is 5.80. The largest absolute Gasteiger partial charge is 0.396 e. The van der Waals surface area contributed by atoms with Gasteiger partial charge in [0, 0.05) is 38.6 Å². The average Bonchev–Trinajstić information content (AvgIpc) is 2.56. The minimum absolute atomic E-state index is 0.153. The molecule has 3 N–H and O–H groups in total. The van der Waals surface area contributed by atoms with Crippen molar-refractivity contribution in [1.29, 1.82) is 0 Å². The van der Waals surface area contributed by atoms with Crippen molar-refractivity contribution in [2.75, 3.05) is 26.2 Å². The molecule has 0 aromatic rings. The second kappa shape index (κ2) is 4.10. The van der Waals surface area contributed by atoms with Crippen LogP contribution in [0.1, 0.15) is 25.7 Å². The van der Waals surface area contributed by atoms with E-state index in [2.05, 4.69) is 0 Å². The molecule has 1 saturated heterocycles. The summed E-state index contributed by atoms with van der Waals surface area (Å²) in [4.78, 5) is 13.6. The lowest BCUT2D eigenvalue weighted by atomic mass is 9.63. The van der Waals surface area contributed by atoms with Gasteiger partial charge in [0.25, 0.3) is 0 Å². The Morgan fingerprint density at radius 2 is 2.27 bits per heavy atom. The summed E-state index contributed by atoms with van der Waals surface area (Å²) in [6.45, 7) is 2.21. The predicted molar refractivity (Wildman–Crippen MR) is 57.1 cm³/mol. The first kappa shape index (κ1) is 10.9. The molecular weight excluding hydrogens is 192 g/mol. The molecule has 0 radical (unpaired) electrons. The van der Waals surface area contributed by atoms with Gasteiger partial charge in [-0.2, -0.15) is 0 Å². The van der Waals surface area contributed by atoms with Crippen molar-refractivity contribution in [3.63, 3.8) is 0 Å². The number of nitrogens with zero attached hydrogens (tertiary/aromatic N) is 1. The third-order valence-corrected chi connectivity index (χ3v) is 4.09. The first-order valence-electron chi connectivity index (χ1n) is 5.80. The lowest BCUT2D eigenvalue weighted by Gasteiger charge is -2.42. The summed E-state index contributed by atoms with van der Waals surface area (Å²) in [6.07, 6.45) is 4.03. The van der Waals surface area contributed by atoms with E-state index in [1.54, 1.807) is 0 Å². The zero-order chi connectivity index (χ0) is 10.9. The van der Waals surface area contributed by atoms with Gasteiger partial charge in [0.2, 0.25) is 5.91 Å². The van der Waals surface area contributed by atoms with Crippen LogP contribution in [0.4, 0.5) is 0 Å². The Bertz CT molecular complexity index is 251. The summed E-state index contributed by atoms with van der Waals surface area (Å²) in [5.74, 6) is 0.452. The monoisotopic (exact) mass is 212 g/mol. The van der Waals surface area contributed by atoms with Gasteiger partial charge >= 0.3 is 0 Å². The zero-order valence-corrected chi connectivity index (χ0v) is 9.11. The molecule has 2 rings (SSSR count). The maximum absolute atomic E-state index is 11.7. The molecule has 2 aliphatic rings. The molecule has 0 aromatic carbocycles. The lowest BCUT2D eigenvalue weighted by Crippen LogP contribution is -2.39. The van der Waals surface area contributed by atoms with E-state index >= 15 is 0 Å². The summed E-state index contributed by atoms with van der Waals surface area (Å²) in [5.41, 5.74) is 5.63. The van der Waals surface area contributed by atoms with Crippen LogP contribution in [-0.2, 0) is 4.79 Å². The van der Waals surface area contributed by atoms with E-state index in [1.165, 1.54) is 19.3 Å². The molecular formula is C11H20N2O2. The number of nitrogens with two attached hydrogens (primary N) is 1. The zero-order valence-electron chi connectivity index (χ0n) is 9.11. The third kappa shape index (κ3) is 1.76. The van der Waals surface area contributed by atoms with Crippen molar-refractivity contribution in [3.8, 4) is 0 Å². The Morgan fingerprint density at radius 1 is 1.53 bits per heavy atom. The van der Waals surface area contributed by atoms with Crippen LogP contribution in [0.3, 0.4) is 0 Å². The molecule has 1 saturated carbocycles. The maximum Gasteiger partial charge on any atom is 0.223 e. The second-order valence-electron chi connectivity index (χ2n) is 4.91. The molecule has 0 unspecified atom stereocenters. The fourth-order valence-electron chi connectivity index (χ4n) is 2.95. The number of aliphatic hydroxyl groups excluding tert-OH is 1. The molecule has 1 heterocycles. The predicted octanol–water partition coefficient (Wildman–Crippen LogP) is -0.0438. The van der Waals surface area contributed by atoms with Crippen molar-refractivity contribution in [2.24, 2.45) is 17.1 Å². The van der Waals surface area contributed by atoms with Crippen LogP contribution in [0, 0.1) is 11.3 Å². The van der Waals surface area contributed by atoms with Crippen molar-refractivity contribution < 1.29 is 9.90 Å². The van der Waals surface area contributed by atoms with Crippen molar-refractivity contribution >= 4 is 5.91 Å². The Morgan fingerprint density at radius 3 is 2.67 bits per heavy atom. The highest BCUT2D eigenvalue weighted by Crippen LogP contribution is 2.51. The van der Waals surface area contributed by atoms with Crippen LogP contribution in [0.5, 0.6) is 0 Å². The van der Waals surface area contributed by atoms with Gasteiger partial charge in [0.15, 0.2) is 0 Å². The number of rotatable bonds is 3. The lowest BCUT2D eigenvalue weighted by molar-refractivity contribution is -0.130. The fraction of sp³-hybridized carbons (Fsp3) is 0.909. The summed E-state index contributed by atoms with van der Waals surface area (Å²) >= 11 is 0. The Labute approximate surface area is 90.4 Å². The normalized spacial score (nSPS) is 28.1. The minimum Gasteiger partial charge on any atom is -0.396 e. The topological polar surface area (TPSA) is 66.6 Å². The van der Waals surface area contributed by atoms with E-state index in [0.717, 1.165) is 13.1 Å². The van der Waals surface area contributed by atoms with Gasteiger partial charge in [-0.3, -0.25) is 4.79 Å². The molecule has 4 heteroatoms. The smallest absolute Gasteiger partial charge is 0.223 e. The van der Waals surface area contributed by atoms with Crippen LogP contribution in [0.2, 0.25) is 0 Å². The molecule has 86 valence electrons. The van der Waals surface area contributed by atoms with Gasteiger partial charge in [-0.25, -0.2) is 0 Å². The molecule has 1 spiro atoms. The first-order chi connectivity index (χ1) is 7.22. The number of hydrogen-bond acceptors (Lipinski definition) is 3. The van der Waals surface area contributed by atoms with Crippen LogP contribution >= 0.6 is 0 Å². The summed E-state index contributed by atoms with van der Waals surface area (Å²) in [7, 11) is 0. The third-order valence-electron chi connectivity index (χ3n) is 4.09. The van der Waals surface area contributed by atoms with Crippen LogP contribution in [0.25, 0.3) is 0 Å². The van der Waals surface area contributed by atoms with Crippen molar-refractivity contribution in [2.45, 2.75) is 25.7 Å². The van der Waals surface area contributed by atoms with E-state index in [4.69, 9.17) is 5.73 Å². The Hall–Kier alpha value is -0.610. The average molecular weight is 212 g/mol. The van der Waals surface area contributed by atoms with E-state index in [1.807, 2.05) is 4.90 Å². The number of hydrogen-bond donors (Lipinski definition) is 2. The van der Waals surface area contributed by atoms with Crippen molar-refractivity contribution in [3.05, 3.63) is 0 Å². The van der Waals surface area contributed by atoms with Crippen LogP contribution < -0.4 is 5.73 Å². The van der Waals surface area contributed by atoms with E-state index in [0.29, 0.717) is 18.9 Å². The molecule has 1 aliphatic heterocycles. The van der Waals surface area contributed by atoms with Crippen LogP contribution in [-0.4, -0.2) is 42.2 Å². The SMILES string of the molecule is NCCC(=O)N1C[C@@H](CO)C2(CCC2)C1. The van der Waals surface area contributed by atoms with Gasteiger partial charge in [-0.05, 0) is 18.3 Å². The second-order valence-corrected chi connectivity index (χ2v) is 4.91. The Balaban J connectivity index is 1.98. The number of aliphatic hydroxyl groups is 1. The highest BCUT2D eigenvalue weighted by atomic mass is 16.3. The maximum atomic E-state index is 11.7. The molecule has 0 bridgehead atoms. The molecule has 2 fully saturated rings. The molecule has 4 nitrogen and oxygen atoms in total. The summed E-state index contributed by atoms with van der Waals surface area (Å²) in [6, 6.07) is 0. The number of amides is 1. The number of carbonyl (C=O) groups is 1. The number of likely N-dealkylation sites (tertiary alicyclic amines) is 1. The van der Waals surface area contributed by atoms with Crippen molar-refractivity contribution in [1.82, 2.24) is 4.90 Å². The summed E-state index contributed by atoms with van der Waals surface area (Å²) < 4.78 is 0.